The summed E-state index contributed by atoms with van der Waals surface area (Å²) in [5.41, 5.74) is 2.35. The Bertz CT molecular complexity index is 699. The highest BCUT2D eigenvalue weighted by molar-refractivity contribution is 5.95. The Hall–Kier alpha value is -2.82. The lowest BCUT2D eigenvalue weighted by Gasteiger charge is -2.15. The van der Waals surface area contributed by atoms with E-state index in [1.54, 1.807) is 32.3 Å². The molecule has 0 heterocycles. The molecule has 126 valence electrons. The first-order valence-electron chi connectivity index (χ1n) is 7.87. The fourth-order valence-corrected chi connectivity index (χ4v) is 2.21. The zero-order valence-corrected chi connectivity index (χ0v) is 14.2. The first-order chi connectivity index (χ1) is 11.5. The first kappa shape index (κ1) is 17.5. The van der Waals surface area contributed by atoms with Crippen molar-refractivity contribution in [3.63, 3.8) is 0 Å². The second kappa shape index (κ2) is 8.15. The van der Waals surface area contributed by atoms with Gasteiger partial charge < -0.3 is 15.5 Å². The highest BCUT2D eigenvalue weighted by Gasteiger charge is 2.12. The van der Waals surface area contributed by atoms with Crippen LogP contribution in [0.25, 0.3) is 0 Å². The van der Waals surface area contributed by atoms with E-state index in [1.165, 1.54) is 4.90 Å². The van der Waals surface area contributed by atoms with E-state index in [2.05, 4.69) is 10.6 Å². The summed E-state index contributed by atoms with van der Waals surface area (Å²) in [6, 6.07) is 16.9. The van der Waals surface area contributed by atoms with E-state index < -0.39 is 0 Å². The molecule has 5 heteroatoms. The quantitative estimate of drug-likeness (QED) is 0.858. The number of nitrogens with zero attached hydrogens (tertiary/aromatic N) is 1. The Morgan fingerprint density at radius 3 is 2.42 bits per heavy atom. The van der Waals surface area contributed by atoms with Crippen LogP contribution in [0.5, 0.6) is 0 Å². The van der Waals surface area contributed by atoms with Gasteiger partial charge in [-0.25, -0.2) is 0 Å². The second-order valence-electron chi connectivity index (χ2n) is 5.83. The Morgan fingerprint density at radius 1 is 1.04 bits per heavy atom. The summed E-state index contributed by atoms with van der Waals surface area (Å²) in [6.45, 7) is 2.14. The van der Waals surface area contributed by atoms with Gasteiger partial charge in [0.15, 0.2) is 0 Å². The summed E-state index contributed by atoms with van der Waals surface area (Å²) >= 11 is 0. The minimum atomic E-state index is -0.145. The van der Waals surface area contributed by atoms with Gasteiger partial charge in [0.2, 0.25) is 5.91 Å². The fourth-order valence-electron chi connectivity index (χ4n) is 2.21. The molecule has 0 radical (unpaired) electrons. The molecule has 2 amide bonds. The summed E-state index contributed by atoms with van der Waals surface area (Å²) in [5.74, 6) is -0.170. The minimum absolute atomic E-state index is 0.0254. The summed E-state index contributed by atoms with van der Waals surface area (Å²) in [7, 11) is 3.41. The maximum atomic E-state index is 12.4. The Balaban J connectivity index is 2.00. The number of anilines is 1. The number of hydrogen-bond donors (Lipinski definition) is 2. The topological polar surface area (TPSA) is 61.4 Å². The van der Waals surface area contributed by atoms with Crippen LogP contribution in [-0.4, -0.2) is 37.4 Å². The van der Waals surface area contributed by atoms with Gasteiger partial charge in [0.1, 0.15) is 0 Å². The molecule has 2 aromatic carbocycles. The molecule has 1 atom stereocenters. The maximum Gasteiger partial charge on any atom is 0.251 e. The van der Waals surface area contributed by atoms with Gasteiger partial charge in [-0.15, -0.1) is 0 Å². The molecule has 0 saturated heterocycles. The van der Waals surface area contributed by atoms with Crippen LogP contribution in [0.2, 0.25) is 0 Å². The molecule has 24 heavy (non-hydrogen) atoms. The summed E-state index contributed by atoms with van der Waals surface area (Å²) in [5, 5.41) is 6.02. The SMILES string of the molecule is CC(NC(=O)c1cccc(NCC(=O)N(C)C)c1)c1ccccc1. The van der Waals surface area contributed by atoms with Gasteiger partial charge >= 0.3 is 0 Å². The Morgan fingerprint density at radius 2 is 1.75 bits per heavy atom. The molecule has 5 nitrogen and oxygen atoms in total. The highest BCUT2D eigenvalue weighted by Crippen LogP contribution is 2.14. The lowest BCUT2D eigenvalue weighted by atomic mass is 10.1. The number of carbonyl (C=O) groups is 2. The number of rotatable bonds is 6. The third kappa shape index (κ3) is 4.84. The Kier molecular flexibility index (Phi) is 5.95. The molecular formula is C19H23N3O2. The number of hydrogen-bond acceptors (Lipinski definition) is 3. The van der Waals surface area contributed by atoms with E-state index in [-0.39, 0.29) is 24.4 Å². The van der Waals surface area contributed by atoms with Crippen LogP contribution >= 0.6 is 0 Å². The van der Waals surface area contributed by atoms with Crippen molar-refractivity contribution in [2.45, 2.75) is 13.0 Å². The molecule has 0 spiro atoms. The van der Waals surface area contributed by atoms with Gasteiger partial charge in [-0.05, 0) is 30.7 Å². The second-order valence-corrected chi connectivity index (χ2v) is 5.83. The van der Waals surface area contributed by atoms with Crippen LogP contribution in [0.1, 0.15) is 28.9 Å². The van der Waals surface area contributed by atoms with Crippen molar-refractivity contribution in [2.24, 2.45) is 0 Å². The molecule has 2 aromatic rings. The van der Waals surface area contributed by atoms with Crippen LogP contribution in [0.4, 0.5) is 5.69 Å². The monoisotopic (exact) mass is 325 g/mol. The van der Waals surface area contributed by atoms with Crippen molar-refractivity contribution in [1.29, 1.82) is 0 Å². The van der Waals surface area contributed by atoms with Crippen molar-refractivity contribution in [2.75, 3.05) is 26.0 Å². The third-order valence-electron chi connectivity index (χ3n) is 3.71. The van der Waals surface area contributed by atoms with Crippen molar-refractivity contribution in [3.05, 3.63) is 65.7 Å². The zero-order chi connectivity index (χ0) is 17.5. The lowest BCUT2D eigenvalue weighted by Crippen LogP contribution is -2.29. The summed E-state index contributed by atoms with van der Waals surface area (Å²) in [6.07, 6.45) is 0. The van der Waals surface area contributed by atoms with Crippen LogP contribution in [-0.2, 0) is 4.79 Å². The normalized spacial score (nSPS) is 11.5. The molecule has 1 unspecified atom stereocenters. The highest BCUT2D eigenvalue weighted by atomic mass is 16.2. The summed E-state index contributed by atoms with van der Waals surface area (Å²) in [4.78, 5) is 25.6. The van der Waals surface area contributed by atoms with Crippen LogP contribution in [0.3, 0.4) is 0 Å². The van der Waals surface area contributed by atoms with Crippen LogP contribution < -0.4 is 10.6 Å². The molecular weight excluding hydrogens is 302 g/mol. The van der Waals surface area contributed by atoms with Gasteiger partial charge in [0, 0.05) is 25.3 Å². The molecule has 0 bridgehead atoms. The summed E-state index contributed by atoms with van der Waals surface area (Å²) < 4.78 is 0. The van der Waals surface area contributed by atoms with Crippen molar-refractivity contribution >= 4 is 17.5 Å². The van der Waals surface area contributed by atoms with E-state index in [0.29, 0.717) is 5.56 Å². The van der Waals surface area contributed by atoms with E-state index in [1.807, 2.05) is 43.3 Å². The number of carbonyl (C=O) groups excluding carboxylic acids is 2. The largest absolute Gasteiger partial charge is 0.376 e. The average molecular weight is 325 g/mol. The average Bonchev–Trinajstić information content (AvgIpc) is 2.60. The van der Waals surface area contributed by atoms with Gasteiger partial charge in [-0.2, -0.15) is 0 Å². The van der Waals surface area contributed by atoms with E-state index in [0.717, 1.165) is 11.3 Å². The molecule has 2 N–H and O–H groups in total. The van der Waals surface area contributed by atoms with Crippen molar-refractivity contribution in [1.82, 2.24) is 10.2 Å². The zero-order valence-electron chi connectivity index (χ0n) is 14.2. The van der Waals surface area contributed by atoms with Gasteiger partial charge in [-0.3, -0.25) is 9.59 Å². The minimum Gasteiger partial charge on any atom is -0.376 e. The van der Waals surface area contributed by atoms with E-state index in [9.17, 15) is 9.59 Å². The molecule has 2 rings (SSSR count). The van der Waals surface area contributed by atoms with Gasteiger partial charge in [0.05, 0.1) is 12.6 Å². The van der Waals surface area contributed by atoms with Gasteiger partial charge in [-0.1, -0.05) is 36.4 Å². The lowest BCUT2D eigenvalue weighted by molar-refractivity contribution is -0.126. The molecule has 0 aromatic heterocycles. The van der Waals surface area contributed by atoms with E-state index in [4.69, 9.17) is 0 Å². The molecule has 0 fully saturated rings. The predicted octanol–water partition coefficient (Wildman–Crippen LogP) is 2.68. The van der Waals surface area contributed by atoms with Crippen LogP contribution in [0, 0.1) is 0 Å². The number of nitrogens with one attached hydrogen (secondary N) is 2. The number of benzene rings is 2. The van der Waals surface area contributed by atoms with Crippen molar-refractivity contribution < 1.29 is 9.59 Å². The Labute approximate surface area is 142 Å². The smallest absolute Gasteiger partial charge is 0.251 e. The third-order valence-corrected chi connectivity index (χ3v) is 3.71. The standard InChI is InChI=1S/C19H23N3O2/c1-14(15-8-5-4-6-9-15)21-19(24)16-10-7-11-17(12-16)20-13-18(23)22(2)3/h4-12,14,20H,13H2,1-3H3,(H,21,24). The fraction of sp³-hybridized carbons (Fsp3) is 0.263. The molecule has 0 saturated carbocycles. The maximum absolute atomic E-state index is 12.4. The van der Waals surface area contributed by atoms with Gasteiger partial charge in [0.25, 0.3) is 5.91 Å². The molecule has 0 aliphatic rings. The molecule has 0 aliphatic heterocycles. The number of amides is 2. The molecule has 0 aliphatic carbocycles. The van der Waals surface area contributed by atoms with E-state index >= 15 is 0 Å². The van der Waals surface area contributed by atoms with Crippen LogP contribution in [0.15, 0.2) is 54.6 Å². The number of likely N-dealkylation sites (N-methyl/N-ethyl adjacent to an activating group) is 1. The predicted molar refractivity (Wildman–Crippen MR) is 95.9 cm³/mol. The first-order valence-corrected chi connectivity index (χ1v) is 7.87. The van der Waals surface area contributed by atoms with Crippen molar-refractivity contribution in [3.8, 4) is 0 Å².